The van der Waals surface area contributed by atoms with Crippen molar-refractivity contribution in [2.75, 3.05) is 13.1 Å². The number of hydrogen-bond donors (Lipinski definition) is 2. The van der Waals surface area contributed by atoms with Gasteiger partial charge in [-0.3, -0.25) is 4.79 Å². The molecular formula is C19H26N2O3. The minimum absolute atomic E-state index is 0.0376. The average molecular weight is 330 g/mol. The molecule has 5 nitrogen and oxygen atoms in total. The van der Waals surface area contributed by atoms with E-state index in [2.05, 4.69) is 36.5 Å². The van der Waals surface area contributed by atoms with Gasteiger partial charge >= 0.3 is 12.0 Å². The summed E-state index contributed by atoms with van der Waals surface area (Å²) < 4.78 is 0. The molecule has 0 radical (unpaired) electrons. The molecule has 2 amide bonds. The van der Waals surface area contributed by atoms with Crippen LogP contribution in [0.3, 0.4) is 0 Å². The minimum Gasteiger partial charge on any atom is -0.481 e. The Kier molecular flexibility index (Phi) is 4.52. The van der Waals surface area contributed by atoms with Crippen LogP contribution in [0.5, 0.6) is 0 Å². The van der Waals surface area contributed by atoms with Gasteiger partial charge in [0, 0.05) is 25.0 Å². The lowest BCUT2D eigenvalue weighted by Crippen LogP contribution is -2.46. The molecule has 1 heterocycles. The Hall–Kier alpha value is -2.04. The smallest absolute Gasteiger partial charge is 0.317 e. The molecule has 2 unspecified atom stereocenters. The third-order valence-electron chi connectivity index (χ3n) is 5.65. The SMILES string of the molecule is C[C@@H](NC(=O)N1CCC(C)(C(=O)O)C1)C1CCCc2ccccc21. The van der Waals surface area contributed by atoms with Crippen LogP contribution in [0.4, 0.5) is 4.79 Å². The first-order chi connectivity index (χ1) is 11.4. The molecule has 1 aliphatic heterocycles. The number of nitrogens with zero attached hydrogens (tertiary/aromatic N) is 1. The second kappa shape index (κ2) is 6.46. The van der Waals surface area contributed by atoms with Crippen molar-refractivity contribution in [2.24, 2.45) is 5.41 Å². The number of likely N-dealkylation sites (tertiary alicyclic amines) is 1. The summed E-state index contributed by atoms with van der Waals surface area (Å²) in [5, 5.41) is 12.4. The van der Waals surface area contributed by atoms with Crippen LogP contribution in [-0.2, 0) is 11.2 Å². The van der Waals surface area contributed by atoms with E-state index in [4.69, 9.17) is 0 Å². The van der Waals surface area contributed by atoms with Crippen LogP contribution in [0.2, 0.25) is 0 Å². The topological polar surface area (TPSA) is 69.6 Å². The van der Waals surface area contributed by atoms with Crippen LogP contribution < -0.4 is 5.32 Å². The zero-order valence-corrected chi connectivity index (χ0v) is 14.4. The van der Waals surface area contributed by atoms with E-state index in [0.29, 0.717) is 18.9 Å². The van der Waals surface area contributed by atoms with E-state index in [9.17, 15) is 14.7 Å². The number of urea groups is 1. The van der Waals surface area contributed by atoms with Gasteiger partial charge < -0.3 is 15.3 Å². The zero-order chi connectivity index (χ0) is 17.3. The van der Waals surface area contributed by atoms with Gasteiger partial charge in [-0.25, -0.2) is 4.79 Å². The first kappa shape index (κ1) is 16.8. The number of rotatable bonds is 3. The van der Waals surface area contributed by atoms with Crippen molar-refractivity contribution >= 4 is 12.0 Å². The molecule has 2 aliphatic rings. The summed E-state index contributed by atoms with van der Waals surface area (Å²) in [5.41, 5.74) is 1.90. The van der Waals surface area contributed by atoms with Crippen molar-refractivity contribution in [1.82, 2.24) is 10.2 Å². The van der Waals surface area contributed by atoms with E-state index in [1.807, 2.05) is 0 Å². The van der Waals surface area contributed by atoms with Gasteiger partial charge in [0.05, 0.1) is 5.41 Å². The molecule has 3 rings (SSSR count). The number of nitrogens with one attached hydrogen (secondary N) is 1. The highest BCUT2D eigenvalue weighted by atomic mass is 16.4. The Bertz CT molecular complexity index is 645. The first-order valence-electron chi connectivity index (χ1n) is 8.77. The maximum Gasteiger partial charge on any atom is 0.317 e. The van der Waals surface area contributed by atoms with E-state index in [1.165, 1.54) is 11.1 Å². The summed E-state index contributed by atoms with van der Waals surface area (Å²) in [6.45, 7) is 4.55. The molecule has 0 bridgehead atoms. The molecule has 24 heavy (non-hydrogen) atoms. The van der Waals surface area contributed by atoms with Crippen LogP contribution in [0, 0.1) is 5.41 Å². The average Bonchev–Trinajstić information content (AvgIpc) is 2.98. The van der Waals surface area contributed by atoms with Crippen molar-refractivity contribution in [3.05, 3.63) is 35.4 Å². The molecule has 0 aromatic heterocycles. The highest BCUT2D eigenvalue weighted by Gasteiger charge is 2.42. The number of carboxylic acids is 1. The number of aryl methyl sites for hydroxylation is 1. The zero-order valence-electron chi connectivity index (χ0n) is 14.4. The van der Waals surface area contributed by atoms with Crippen molar-refractivity contribution in [1.29, 1.82) is 0 Å². The molecule has 2 N–H and O–H groups in total. The molecule has 3 atom stereocenters. The number of aliphatic carboxylic acids is 1. The van der Waals surface area contributed by atoms with Gasteiger partial charge in [-0.05, 0) is 50.7 Å². The van der Waals surface area contributed by atoms with Crippen LogP contribution >= 0.6 is 0 Å². The number of benzene rings is 1. The first-order valence-corrected chi connectivity index (χ1v) is 8.77. The molecule has 1 saturated heterocycles. The molecule has 0 spiro atoms. The normalized spacial score (nSPS) is 27.4. The van der Waals surface area contributed by atoms with E-state index in [-0.39, 0.29) is 18.6 Å². The molecular weight excluding hydrogens is 304 g/mol. The van der Waals surface area contributed by atoms with Gasteiger partial charge in [-0.2, -0.15) is 0 Å². The van der Waals surface area contributed by atoms with E-state index in [1.54, 1.807) is 11.8 Å². The lowest BCUT2D eigenvalue weighted by Gasteiger charge is -2.32. The fourth-order valence-electron chi connectivity index (χ4n) is 4.01. The molecule has 130 valence electrons. The number of amides is 2. The Morgan fingerprint density at radius 2 is 2.12 bits per heavy atom. The van der Waals surface area contributed by atoms with Crippen molar-refractivity contribution < 1.29 is 14.7 Å². The van der Waals surface area contributed by atoms with Gasteiger partial charge in [0.15, 0.2) is 0 Å². The number of fused-ring (bicyclic) bond motifs is 1. The van der Waals surface area contributed by atoms with Crippen molar-refractivity contribution in [2.45, 2.75) is 51.5 Å². The molecule has 5 heteroatoms. The molecule has 0 saturated carbocycles. The summed E-state index contributed by atoms with van der Waals surface area (Å²) in [4.78, 5) is 25.5. The molecule has 1 aliphatic carbocycles. The fraction of sp³-hybridized carbons (Fsp3) is 0.579. The van der Waals surface area contributed by atoms with Gasteiger partial charge in [-0.15, -0.1) is 0 Å². The van der Waals surface area contributed by atoms with E-state index < -0.39 is 11.4 Å². The highest BCUT2D eigenvalue weighted by Crippen LogP contribution is 2.34. The minimum atomic E-state index is -0.827. The third-order valence-corrected chi connectivity index (χ3v) is 5.65. The van der Waals surface area contributed by atoms with Crippen LogP contribution in [0.25, 0.3) is 0 Å². The largest absolute Gasteiger partial charge is 0.481 e. The Balaban J connectivity index is 1.65. The van der Waals surface area contributed by atoms with Crippen molar-refractivity contribution in [3.63, 3.8) is 0 Å². The van der Waals surface area contributed by atoms with Crippen molar-refractivity contribution in [3.8, 4) is 0 Å². The predicted molar refractivity (Wildman–Crippen MR) is 92.0 cm³/mol. The van der Waals surface area contributed by atoms with Gasteiger partial charge in [-0.1, -0.05) is 24.3 Å². The summed E-state index contributed by atoms with van der Waals surface area (Å²) in [5.74, 6) is -0.501. The number of carbonyl (C=O) groups excluding carboxylic acids is 1. The van der Waals surface area contributed by atoms with Gasteiger partial charge in [0.2, 0.25) is 0 Å². The van der Waals surface area contributed by atoms with Crippen LogP contribution in [0.1, 0.15) is 50.2 Å². The second-order valence-electron chi connectivity index (χ2n) is 7.47. The Morgan fingerprint density at radius 1 is 1.38 bits per heavy atom. The summed E-state index contributed by atoms with van der Waals surface area (Å²) in [6, 6.07) is 8.37. The summed E-state index contributed by atoms with van der Waals surface area (Å²) in [7, 11) is 0. The third kappa shape index (κ3) is 3.12. The molecule has 1 fully saturated rings. The number of carboxylic acid groups (broad SMARTS) is 1. The summed E-state index contributed by atoms with van der Waals surface area (Å²) >= 11 is 0. The number of carbonyl (C=O) groups is 2. The van der Waals surface area contributed by atoms with Gasteiger partial charge in [0.25, 0.3) is 0 Å². The van der Waals surface area contributed by atoms with Crippen LogP contribution in [0.15, 0.2) is 24.3 Å². The van der Waals surface area contributed by atoms with E-state index in [0.717, 1.165) is 19.3 Å². The maximum atomic E-state index is 12.5. The monoisotopic (exact) mass is 330 g/mol. The lowest BCUT2D eigenvalue weighted by molar-refractivity contribution is -0.146. The fourth-order valence-corrected chi connectivity index (χ4v) is 4.01. The molecule has 1 aromatic carbocycles. The molecule has 1 aromatic rings. The Labute approximate surface area is 143 Å². The Morgan fingerprint density at radius 3 is 2.83 bits per heavy atom. The van der Waals surface area contributed by atoms with E-state index >= 15 is 0 Å². The lowest BCUT2D eigenvalue weighted by atomic mass is 9.79. The predicted octanol–water partition coefficient (Wildman–Crippen LogP) is 3.00. The van der Waals surface area contributed by atoms with Crippen LogP contribution in [-0.4, -0.2) is 41.1 Å². The second-order valence-corrected chi connectivity index (χ2v) is 7.47. The van der Waals surface area contributed by atoms with Gasteiger partial charge in [0.1, 0.15) is 0 Å². The maximum absolute atomic E-state index is 12.5. The standard InChI is InChI=1S/C19H26N2O3/c1-13(15-9-5-7-14-6-3-4-8-16(14)15)20-18(24)21-11-10-19(2,12-21)17(22)23/h3-4,6,8,13,15H,5,7,9-12H2,1-2H3,(H,20,24)(H,22,23)/t13-,15?,19?/m1/s1. The summed E-state index contributed by atoms with van der Waals surface area (Å²) in [6.07, 6.45) is 3.83. The highest BCUT2D eigenvalue weighted by molar-refractivity contribution is 5.79. The quantitative estimate of drug-likeness (QED) is 0.895. The number of hydrogen-bond acceptors (Lipinski definition) is 2.